The van der Waals surface area contributed by atoms with Gasteiger partial charge >= 0.3 is 5.97 Å². The normalized spacial score (nSPS) is 10.3. The summed E-state index contributed by atoms with van der Waals surface area (Å²) in [5.74, 6) is 0.120. The lowest BCUT2D eigenvalue weighted by Crippen LogP contribution is -2.14. The van der Waals surface area contributed by atoms with Crippen LogP contribution < -0.4 is 5.32 Å². The number of anilines is 1. The fourth-order valence-corrected chi connectivity index (χ4v) is 2.32. The first-order chi connectivity index (χ1) is 11.1. The van der Waals surface area contributed by atoms with E-state index in [-0.39, 0.29) is 11.7 Å². The van der Waals surface area contributed by atoms with Crippen molar-refractivity contribution in [2.75, 3.05) is 18.2 Å². The van der Waals surface area contributed by atoms with Gasteiger partial charge in [0.05, 0.1) is 18.4 Å². The van der Waals surface area contributed by atoms with Crippen molar-refractivity contribution in [2.45, 2.75) is 25.0 Å². The molecule has 0 saturated heterocycles. The molecular weight excluding hydrogens is 318 g/mol. The zero-order valence-electron chi connectivity index (χ0n) is 12.9. The number of rotatable bonds is 7. The Morgan fingerprint density at radius 2 is 2.00 bits per heavy atom. The Balaban J connectivity index is 1.83. The van der Waals surface area contributed by atoms with Crippen molar-refractivity contribution < 1.29 is 18.7 Å². The van der Waals surface area contributed by atoms with Crippen LogP contribution in [0.3, 0.4) is 0 Å². The van der Waals surface area contributed by atoms with Crippen LogP contribution in [-0.4, -0.2) is 34.9 Å². The fourth-order valence-electron chi connectivity index (χ4n) is 1.74. The standard InChI is InChI=1S/C15H17N3O4S/c1-3-4-13-17-18-15(22-13)23-9-12(19)16-11-7-5-10(6-8-11)14(20)21-2/h5-8H,3-4,9H2,1-2H3,(H,16,19). The Labute approximate surface area is 137 Å². The van der Waals surface area contributed by atoms with Crippen molar-refractivity contribution in [2.24, 2.45) is 0 Å². The maximum absolute atomic E-state index is 11.9. The second-order valence-electron chi connectivity index (χ2n) is 4.62. The van der Waals surface area contributed by atoms with Crippen LogP contribution in [0, 0.1) is 0 Å². The van der Waals surface area contributed by atoms with E-state index < -0.39 is 5.97 Å². The van der Waals surface area contributed by atoms with Gasteiger partial charge in [-0.25, -0.2) is 4.79 Å². The summed E-state index contributed by atoms with van der Waals surface area (Å²) in [6, 6.07) is 6.45. The largest absolute Gasteiger partial charge is 0.465 e. The monoisotopic (exact) mass is 335 g/mol. The third-order valence-corrected chi connectivity index (χ3v) is 3.65. The van der Waals surface area contributed by atoms with Gasteiger partial charge in [0, 0.05) is 12.1 Å². The molecule has 0 unspecified atom stereocenters. The van der Waals surface area contributed by atoms with Crippen LogP contribution in [0.2, 0.25) is 0 Å². The molecule has 0 bridgehead atoms. The van der Waals surface area contributed by atoms with Crippen LogP contribution in [0.15, 0.2) is 33.9 Å². The van der Waals surface area contributed by atoms with Gasteiger partial charge in [-0.3, -0.25) is 4.79 Å². The highest BCUT2D eigenvalue weighted by Gasteiger charge is 2.10. The minimum absolute atomic E-state index is 0.159. The number of benzene rings is 1. The van der Waals surface area contributed by atoms with Crippen LogP contribution >= 0.6 is 11.8 Å². The summed E-state index contributed by atoms with van der Waals surface area (Å²) in [5, 5.41) is 10.9. The SMILES string of the molecule is CCCc1nnc(SCC(=O)Nc2ccc(C(=O)OC)cc2)o1. The first kappa shape index (κ1) is 17.0. The Bertz CT molecular complexity index is 670. The van der Waals surface area contributed by atoms with E-state index in [9.17, 15) is 9.59 Å². The Kier molecular flexibility index (Phi) is 6.16. The number of ether oxygens (including phenoxy) is 1. The molecular formula is C15H17N3O4S. The van der Waals surface area contributed by atoms with Crippen molar-refractivity contribution in [3.05, 3.63) is 35.7 Å². The smallest absolute Gasteiger partial charge is 0.337 e. The molecule has 1 aromatic heterocycles. The van der Waals surface area contributed by atoms with E-state index in [1.54, 1.807) is 24.3 Å². The molecule has 2 rings (SSSR count). The Hall–Kier alpha value is -2.35. The molecule has 0 spiro atoms. The Morgan fingerprint density at radius 3 is 2.65 bits per heavy atom. The molecule has 8 heteroatoms. The highest BCUT2D eigenvalue weighted by atomic mass is 32.2. The Morgan fingerprint density at radius 1 is 1.26 bits per heavy atom. The number of aromatic nitrogens is 2. The van der Waals surface area contributed by atoms with Crippen LogP contribution in [0.1, 0.15) is 29.6 Å². The van der Waals surface area contributed by atoms with E-state index in [0.717, 1.165) is 12.8 Å². The van der Waals surface area contributed by atoms with Crippen molar-refractivity contribution in [1.29, 1.82) is 0 Å². The second-order valence-corrected chi connectivity index (χ2v) is 5.54. The van der Waals surface area contributed by atoms with Crippen LogP contribution in [0.25, 0.3) is 0 Å². The zero-order chi connectivity index (χ0) is 16.7. The molecule has 0 atom stereocenters. The van der Waals surface area contributed by atoms with E-state index in [2.05, 4.69) is 20.3 Å². The molecule has 0 saturated carbocycles. The van der Waals surface area contributed by atoms with Gasteiger partial charge in [-0.2, -0.15) is 0 Å². The number of nitrogens with zero attached hydrogens (tertiary/aromatic N) is 2. The number of nitrogens with one attached hydrogen (secondary N) is 1. The number of hydrogen-bond donors (Lipinski definition) is 1. The van der Waals surface area contributed by atoms with Gasteiger partial charge in [-0.1, -0.05) is 18.7 Å². The zero-order valence-corrected chi connectivity index (χ0v) is 13.7. The number of carbonyl (C=O) groups excluding carboxylic acids is 2. The highest BCUT2D eigenvalue weighted by Crippen LogP contribution is 2.17. The quantitative estimate of drug-likeness (QED) is 0.613. The van der Waals surface area contributed by atoms with Gasteiger partial charge in [-0.05, 0) is 30.7 Å². The number of amides is 1. The molecule has 0 radical (unpaired) electrons. The van der Waals surface area contributed by atoms with Gasteiger partial charge in [0.2, 0.25) is 11.8 Å². The van der Waals surface area contributed by atoms with E-state index in [0.29, 0.717) is 22.4 Å². The van der Waals surface area contributed by atoms with E-state index >= 15 is 0 Å². The van der Waals surface area contributed by atoms with E-state index in [4.69, 9.17) is 4.42 Å². The molecule has 0 aliphatic rings. The average Bonchev–Trinajstić information content (AvgIpc) is 3.01. The van der Waals surface area contributed by atoms with Crippen LogP contribution in [0.5, 0.6) is 0 Å². The van der Waals surface area contributed by atoms with Crippen molar-refractivity contribution in [1.82, 2.24) is 10.2 Å². The molecule has 0 fully saturated rings. The lowest BCUT2D eigenvalue weighted by Gasteiger charge is -2.05. The summed E-state index contributed by atoms with van der Waals surface area (Å²) in [7, 11) is 1.32. The minimum Gasteiger partial charge on any atom is -0.465 e. The molecule has 0 aliphatic heterocycles. The molecule has 1 aromatic carbocycles. The molecule has 1 N–H and O–H groups in total. The number of methoxy groups -OCH3 is 1. The summed E-state index contributed by atoms with van der Waals surface area (Å²) >= 11 is 1.18. The molecule has 0 aliphatic carbocycles. The maximum Gasteiger partial charge on any atom is 0.337 e. The first-order valence-electron chi connectivity index (χ1n) is 7.05. The molecule has 1 heterocycles. The van der Waals surface area contributed by atoms with Gasteiger partial charge in [0.1, 0.15) is 0 Å². The predicted octanol–water partition coefficient (Wildman–Crippen LogP) is 2.54. The predicted molar refractivity (Wildman–Crippen MR) is 85.4 cm³/mol. The first-order valence-corrected chi connectivity index (χ1v) is 8.04. The van der Waals surface area contributed by atoms with Crippen LogP contribution in [0.4, 0.5) is 5.69 Å². The van der Waals surface area contributed by atoms with Crippen molar-refractivity contribution in [3.8, 4) is 0 Å². The lowest BCUT2D eigenvalue weighted by atomic mass is 10.2. The van der Waals surface area contributed by atoms with Gasteiger partial charge in [0.25, 0.3) is 5.22 Å². The summed E-state index contributed by atoms with van der Waals surface area (Å²) < 4.78 is 10.00. The van der Waals surface area contributed by atoms with Crippen molar-refractivity contribution in [3.63, 3.8) is 0 Å². The fraction of sp³-hybridized carbons (Fsp3) is 0.333. The molecule has 23 heavy (non-hydrogen) atoms. The number of hydrogen-bond acceptors (Lipinski definition) is 7. The number of esters is 1. The van der Waals surface area contributed by atoms with Gasteiger partial charge < -0.3 is 14.5 Å². The van der Waals surface area contributed by atoms with Gasteiger partial charge in [-0.15, -0.1) is 10.2 Å². The summed E-state index contributed by atoms with van der Waals surface area (Å²) in [6.07, 6.45) is 1.65. The summed E-state index contributed by atoms with van der Waals surface area (Å²) in [4.78, 5) is 23.2. The lowest BCUT2D eigenvalue weighted by molar-refractivity contribution is -0.113. The second kappa shape index (κ2) is 8.33. The third-order valence-electron chi connectivity index (χ3n) is 2.83. The number of thioether (sulfide) groups is 1. The summed E-state index contributed by atoms with van der Waals surface area (Å²) in [5.41, 5.74) is 1.02. The topological polar surface area (TPSA) is 94.3 Å². The maximum atomic E-state index is 11.9. The minimum atomic E-state index is -0.419. The average molecular weight is 335 g/mol. The molecule has 1 amide bonds. The number of carbonyl (C=O) groups is 2. The van der Waals surface area contributed by atoms with Gasteiger partial charge in [0.15, 0.2) is 0 Å². The highest BCUT2D eigenvalue weighted by molar-refractivity contribution is 7.99. The van der Waals surface area contributed by atoms with Crippen LogP contribution in [-0.2, 0) is 16.0 Å². The molecule has 122 valence electrons. The molecule has 7 nitrogen and oxygen atoms in total. The van der Waals surface area contributed by atoms with E-state index in [1.807, 2.05) is 6.92 Å². The van der Waals surface area contributed by atoms with Crippen molar-refractivity contribution >= 4 is 29.3 Å². The third kappa shape index (κ3) is 5.10. The van der Waals surface area contributed by atoms with E-state index in [1.165, 1.54) is 18.9 Å². The molecule has 2 aromatic rings. The summed E-state index contributed by atoms with van der Waals surface area (Å²) in [6.45, 7) is 2.02. The number of aryl methyl sites for hydroxylation is 1.